The fourth-order valence-electron chi connectivity index (χ4n) is 3.27. The highest BCUT2D eigenvalue weighted by Gasteiger charge is 2.14. The fourth-order valence-corrected chi connectivity index (χ4v) is 5.04. The van der Waals surface area contributed by atoms with Crippen molar-refractivity contribution in [3.8, 4) is 27.6 Å². The molecule has 9 heteroatoms. The number of halogens is 1. The molecule has 2 heterocycles. The van der Waals surface area contributed by atoms with Gasteiger partial charge in [-0.1, -0.05) is 30.7 Å². The third-order valence-electron chi connectivity index (χ3n) is 4.94. The second-order valence-electron chi connectivity index (χ2n) is 7.21. The Morgan fingerprint density at radius 3 is 2.70 bits per heavy atom. The minimum atomic E-state index is -0.567. The number of benzene rings is 2. The Kier molecular flexibility index (Phi) is 7.60. The van der Waals surface area contributed by atoms with Gasteiger partial charge < -0.3 is 14.6 Å². The summed E-state index contributed by atoms with van der Waals surface area (Å²) in [5, 5.41) is 10.7. The Labute approximate surface area is 204 Å². The standard InChI is InChI=1S/C24H23ClN2O4S2/c1-3-32-13-18(28)12-31-20-9-8-17(10-21(20)30-2)27-14-26-19-11-22(33-23(19)24(27)29)15-4-6-16(25)7-5-15/h4-11,14,18,28H,3,12-13H2,1-2H3. The van der Waals surface area contributed by atoms with Crippen LogP contribution in [0.2, 0.25) is 5.02 Å². The first-order valence-electron chi connectivity index (χ1n) is 10.3. The van der Waals surface area contributed by atoms with Gasteiger partial charge in [0, 0.05) is 21.7 Å². The van der Waals surface area contributed by atoms with Crippen molar-refractivity contribution in [3.63, 3.8) is 0 Å². The van der Waals surface area contributed by atoms with E-state index < -0.39 is 6.10 Å². The number of ether oxygens (including phenoxy) is 2. The average molecular weight is 503 g/mol. The number of fused-ring (bicyclic) bond motifs is 1. The number of thioether (sulfide) groups is 1. The third-order valence-corrected chi connectivity index (χ3v) is 7.38. The second kappa shape index (κ2) is 10.6. The summed E-state index contributed by atoms with van der Waals surface area (Å²) < 4.78 is 13.3. The molecule has 0 aliphatic carbocycles. The molecule has 33 heavy (non-hydrogen) atoms. The van der Waals surface area contributed by atoms with E-state index in [0.29, 0.717) is 38.2 Å². The predicted molar refractivity (Wildman–Crippen MR) is 137 cm³/mol. The molecule has 4 aromatic rings. The van der Waals surface area contributed by atoms with Gasteiger partial charge in [0.1, 0.15) is 17.6 Å². The van der Waals surface area contributed by atoms with Gasteiger partial charge in [0.25, 0.3) is 5.56 Å². The van der Waals surface area contributed by atoms with E-state index in [-0.39, 0.29) is 12.2 Å². The molecule has 0 amide bonds. The number of hydrogen-bond acceptors (Lipinski definition) is 7. The van der Waals surface area contributed by atoms with E-state index in [9.17, 15) is 9.90 Å². The Morgan fingerprint density at radius 1 is 1.18 bits per heavy atom. The summed E-state index contributed by atoms with van der Waals surface area (Å²) in [4.78, 5) is 18.7. The molecule has 1 N–H and O–H groups in total. The highest BCUT2D eigenvalue weighted by atomic mass is 35.5. The minimum absolute atomic E-state index is 0.159. The molecule has 4 rings (SSSR count). The van der Waals surface area contributed by atoms with Gasteiger partial charge in [0.05, 0.1) is 24.4 Å². The maximum atomic E-state index is 13.2. The maximum absolute atomic E-state index is 13.2. The number of aromatic nitrogens is 2. The summed E-state index contributed by atoms with van der Waals surface area (Å²) in [6.45, 7) is 2.21. The van der Waals surface area contributed by atoms with Crippen molar-refractivity contribution in [2.45, 2.75) is 13.0 Å². The van der Waals surface area contributed by atoms with Gasteiger partial charge in [-0.2, -0.15) is 11.8 Å². The van der Waals surface area contributed by atoms with Crippen molar-refractivity contribution in [1.82, 2.24) is 9.55 Å². The summed E-state index contributed by atoms with van der Waals surface area (Å²) in [7, 11) is 1.54. The van der Waals surface area contributed by atoms with Crippen LogP contribution in [0.15, 0.2) is 59.7 Å². The zero-order chi connectivity index (χ0) is 23.4. The first-order chi connectivity index (χ1) is 16.0. The lowest BCUT2D eigenvalue weighted by Crippen LogP contribution is -2.20. The highest BCUT2D eigenvalue weighted by molar-refractivity contribution is 7.99. The molecule has 1 unspecified atom stereocenters. The van der Waals surface area contributed by atoms with Crippen LogP contribution < -0.4 is 15.0 Å². The van der Waals surface area contributed by atoms with Crippen LogP contribution in [0.1, 0.15) is 6.92 Å². The van der Waals surface area contributed by atoms with Crippen LogP contribution in [-0.4, -0.2) is 46.0 Å². The SMILES string of the molecule is CCSCC(O)COc1ccc(-n2cnc3cc(-c4ccc(Cl)cc4)sc3c2=O)cc1OC. The van der Waals surface area contributed by atoms with Gasteiger partial charge in [-0.3, -0.25) is 9.36 Å². The summed E-state index contributed by atoms with van der Waals surface area (Å²) >= 11 is 9.04. The number of aliphatic hydroxyl groups excluding tert-OH is 1. The summed E-state index contributed by atoms with van der Waals surface area (Å²) in [5.41, 5.74) is 2.09. The number of hydrogen-bond donors (Lipinski definition) is 1. The van der Waals surface area contributed by atoms with E-state index in [1.165, 1.54) is 29.3 Å². The highest BCUT2D eigenvalue weighted by Crippen LogP contribution is 2.33. The zero-order valence-electron chi connectivity index (χ0n) is 18.2. The van der Waals surface area contributed by atoms with Gasteiger partial charge in [-0.25, -0.2) is 4.98 Å². The van der Waals surface area contributed by atoms with Crippen LogP contribution in [0.25, 0.3) is 26.3 Å². The molecule has 2 aromatic carbocycles. The second-order valence-corrected chi connectivity index (χ2v) is 10.0. The maximum Gasteiger partial charge on any atom is 0.275 e. The van der Waals surface area contributed by atoms with Gasteiger partial charge >= 0.3 is 0 Å². The van der Waals surface area contributed by atoms with Gasteiger partial charge in [0.2, 0.25) is 0 Å². The van der Waals surface area contributed by atoms with Gasteiger partial charge in [0.15, 0.2) is 11.5 Å². The number of aliphatic hydroxyl groups is 1. The van der Waals surface area contributed by atoms with E-state index in [0.717, 1.165) is 16.2 Å². The Balaban J connectivity index is 1.62. The van der Waals surface area contributed by atoms with Crippen molar-refractivity contribution in [2.24, 2.45) is 0 Å². The lowest BCUT2D eigenvalue weighted by molar-refractivity contribution is 0.124. The van der Waals surface area contributed by atoms with Crippen LogP contribution in [-0.2, 0) is 0 Å². The molecule has 2 aromatic heterocycles. The third kappa shape index (κ3) is 5.35. The van der Waals surface area contributed by atoms with Crippen LogP contribution in [0.4, 0.5) is 0 Å². The monoisotopic (exact) mass is 502 g/mol. The van der Waals surface area contributed by atoms with Crippen LogP contribution in [0.3, 0.4) is 0 Å². The number of nitrogens with zero attached hydrogens (tertiary/aromatic N) is 2. The summed E-state index contributed by atoms with van der Waals surface area (Å²) in [6, 6.07) is 14.6. The van der Waals surface area contributed by atoms with Crippen molar-refractivity contribution < 1.29 is 14.6 Å². The molecule has 1 atom stereocenters. The van der Waals surface area contributed by atoms with Crippen molar-refractivity contribution in [1.29, 1.82) is 0 Å². The summed E-state index contributed by atoms with van der Waals surface area (Å²) in [5.74, 6) is 2.53. The molecule has 0 fully saturated rings. The zero-order valence-corrected chi connectivity index (χ0v) is 20.5. The lowest BCUT2D eigenvalue weighted by Gasteiger charge is -2.15. The number of thiophene rings is 1. The molecule has 0 aliphatic heterocycles. The van der Waals surface area contributed by atoms with E-state index >= 15 is 0 Å². The van der Waals surface area contributed by atoms with Crippen molar-refractivity contribution in [2.75, 3.05) is 25.2 Å². The molecular weight excluding hydrogens is 480 g/mol. The molecule has 0 radical (unpaired) electrons. The molecule has 0 spiro atoms. The topological polar surface area (TPSA) is 73.6 Å². The first-order valence-corrected chi connectivity index (χ1v) is 12.7. The van der Waals surface area contributed by atoms with E-state index in [2.05, 4.69) is 4.98 Å². The molecule has 0 bridgehead atoms. The van der Waals surface area contributed by atoms with E-state index in [1.807, 2.05) is 37.3 Å². The normalized spacial score (nSPS) is 12.1. The molecule has 0 aliphatic rings. The Bertz CT molecular complexity index is 1300. The minimum Gasteiger partial charge on any atom is -0.493 e. The molecule has 0 saturated carbocycles. The molecular formula is C24H23ClN2O4S2. The van der Waals surface area contributed by atoms with Crippen LogP contribution in [0, 0.1) is 0 Å². The quantitative estimate of drug-likeness (QED) is 0.336. The van der Waals surface area contributed by atoms with Gasteiger partial charge in [-0.15, -0.1) is 11.3 Å². The van der Waals surface area contributed by atoms with E-state index in [4.69, 9.17) is 21.1 Å². The van der Waals surface area contributed by atoms with Crippen molar-refractivity contribution in [3.05, 3.63) is 70.2 Å². The summed E-state index contributed by atoms with van der Waals surface area (Å²) in [6.07, 6.45) is 0.951. The van der Waals surface area contributed by atoms with Crippen LogP contribution in [0.5, 0.6) is 11.5 Å². The Hall–Kier alpha value is -2.52. The number of rotatable bonds is 9. The van der Waals surface area contributed by atoms with Gasteiger partial charge in [-0.05, 0) is 41.6 Å². The molecule has 172 valence electrons. The predicted octanol–water partition coefficient (Wildman–Crippen LogP) is 5.27. The largest absolute Gasteiger partial charge is 0.493 e. The molecule has 0 saturated heterocycles. The van der Waals surface area contributed by atoms with E-state index in [1.54, 1.807) is 30.0 Å². The van der Waals surface area contributed by atoms with Crippen molar-refractivity contribution >= 4 is 44.9 Å². The Morgan fingerprint density at radius 2 is 1.97 bits per heavy atom. The number of methoxy groups -OCH3 is 1. The first kappa shape index (κ1) is 23.6. The lowest BCUT2D eigenvalue weighted by atomic mass is 10.2. The average Bonchev–Trinajstić information content (AvgIpc) is 3.27. The molecule has 6 nitrogen and oxygen atoms in total. The fraction of sp³-hybridized carbons (Fsp3) is 0.250. The smallest absolute Gasteiger partial charge is 0.275 e. The van der Waals surface area contributed by atoms with Crippen LogP contribution >= 0.6 is 34.7 Å².